The molecule has 94 valence electrons. The predicted molar refractivity (Wildman–Crippen MR) is 62.9 cm³/mol. The lowest BCUT2D eigenvalue weighted by Gasteiger charge is -2.05. The molecule has 0 aliphatic carbocycles. The fourth-order valence-electron chi connectivity index (χ4n) is 0.683. The highest BCUT2D eigenvalue weighted by atomic mass is 35.5. The monoisotopic (exact) mass is 270 g/mol. The van der Waals surface area contributed by atoms with Crippen molar-refractivity contribution in [2.45, 2.75) is 12.2 Å². The van der Waals surface area contributed by atoms with Crippen LogP contribution in [0, 0.1) is 11.8 Å². The summed E-state index contributed by atoms with van der Waals surface area (Å²) in [6.45, 7) is 0.777. The summed E-state index contributed by atoms with van der Waals surface area (Å²) in [7, 11) is 0. The minimum absolute atomic E-state index is 0.146. The standard InChI is InChI=1S/C10H16Cl2O4/c11-5-9(13)7-15-3-1-2-4-16-8-10(14)6-12/h9-10,13-14H,3-8H2/t9-,10-/m0/s1. The maximum atomic E-state index is 9.02. The zero-order chi connectivity index (χ0) is 12.2. The van der Waals surface area contributed by atoms with Crippen molar-refractivity contribution in [2.75, 3.05) is 38.2 Å². The molecule has 16 heavy (non-hydrogen) atoms. The first kappa shape index (κ1) is 16.0. The van der Waals surface area contributed by atoms with Crippen molar-refractivity contribution in [3.8, 4) is 11.8 Å². The van der Waals surface area contributed by atoms with Crippen LogP contribution in [0.1, 0.15) is 0 Å². The van der Waals surface area contributed by atoms with Gasteiger partial charge in [0, 0.05) is 0 Å². The van der Waals surface area contributed by atoms with Crippen molar-refractivity contribution in [3.63, 3.8) is 0 Å². The van der Waals surface area contributed by atoms with Gasteiger partial charge < -0.3 is 19.7 Å². The number of ether oxygens (including phenoxy) is 2. The topological polar surface area (TPSA) is 58.9 Å². The van der Waals surface area contributed by atoms with Gasteiger partial charge in [0.1, 0.15) is 13.2 Å². The van der Waals surface area contributed by atoms with Crippen LogP contribution in [0.5, 0.6) is 0 Å². The van der Waals surface area contributed by atoms with E-state index in [9.17, 15) is 0 Å². The van der Waals surface area contributed by atoms with Gasteiger partial charge in [-0.3, -0.25) is 0 Å². The van der Waals surface area contributed by atoms with Crippen LogP contribution < -0.4 is 0 Å². The maximum absolute atomic E-state index is 9.02. The second-order valence-corrected chi connectivity index (χ2v) is 3.62. The lowest BCUT2D eigenvalue weighted by Crippen LogP contribution is -2.17. The molecule has 2 N–H and O–H groups in total. The van der Waals surface area contributed by atoms with Crippen molar-refractivity contribution in [1.29, 1.82) is 0 Å². The Morgan fingerprint density at radius 1 is 0.875 bits per heavy atom. The molecule has 0 heterocycles. The largest absolute Gasteiger partial charge is 0.389 e. The van der Waals surface area contributed by atoms with Gasteiger partial charge in [-0.25, -0.2) is 0 Å². The number of hydrogen-bond acceptors (Lipinski definition) is 4. The Morgan fingerprint density at radius 3 is 1.56 bits per heavy atom. The Labute approximate surface area is 105 Å². The first-order valence-electron chi connectivity index (χ1n) is 4.80. The van der Waals surface area contributed by atoms with Gasteiger partial charge in [0.15, 0.2) is 0 Å². The predicted octanol–water partition coefficient (Wildman–Crippen LogP) is 0.222. The van der Waals surface area contributed by atoms with Crippen LogP contribution in [-0.2, 0) is 9.47 Å². The summed E-state index contributed by atoms with van der Waals surface area (Å²) in [4.78, 5) is 0. The fraction of sp³-hybridized carbons (Fsp3) is 0.800. The maximum Gasteiger partial charge on any atom is 0.107 e. The minimum atomic E-state index is -0.654. The van der Waals surface area contributed by atoms with E-state index in [2.05, 4.69) is 11.8 Å². The molecule has 0 rings (SSSR count). The summed E-state index contributed by atoms with van der Waals surface area (Å²) in [6.07, 6.45) is -1.31. The molecule has 6 heteroatoms. The molecule has 0 aliphatic heterocycles. The first-order valence-corrected chi connectivity index (χ1v) is 5.86. The molecule has 0 aromatic carbocycles. The Balaban J connectivity index is 3.28. The summed E-state index contributed by atoms with van der Waals surface area (Å²) < 4.78 is 10.0. The first-order chi connectivity index (χ1) is 7.70. The van der Waals surface area contributed by atoms with Crippen LogP contribution in [0.2, 0.25) is 0 Å². The number of hydrogen-bond donors (Lipinski definition) is 2. The molecule has 0 aliphatic rings. The number of aliphatic hydroxyl groups is 2. The van der Waals surface area contributed by atoms with E-state index in [-0.39, 0.29) is 38.2 Å². The third-order valence-electron chi connectivity index (χ3n) is 1.45. The van der Waals surface area contributed by atoms with Crippen LogP contribution in [0.15, 0.2) is 0 Å². The average Bonchev–Trinajstić information content (AvgIpc) is 2.31. The zero-order valence-corrected chi connectivity index (χ0v) is 10.4. The summed E-state index contributed by atoms with van der Waals surface area (Å²) in [5.41, 5.74) is 0. The molecule has 0 spiro atoms. The smallest absolute Gasteiger partial charge is 0.107 e. The Morgan fingerprint density at radius 2 is 1.25 bits per heavy atom. The van der Waals surface area contributed by atoms with E-state index in [0.717, 1.165) is 0 Å². The summed E-state index contributed by atoms with van der Waals surface area (Å²) >= 11 is 10.7. The molecule has 0 aromatic heterocycles. The van der Waals surface area contributed by atoms with Gasteiger partial charge in [-0.1, -0.05) is 11.8 Å². The normalized spacial score (nSPS) is 14.0. The highest BCUT2D eigenvalue weighted by Gasteiger charge is 2.00. The average molecular weight is 271 g/mol. The molecule has 0 fully saturated rings. The van der Waals surface area contributed by atoms with Crippen LogP contribution in [0.4, 0.5) is 0 Å². The van der Waals surface area contributed by atoms with Crippen LogP contribution >= 0.6 is 23.2 Å². The van der Waals surface area contributed by atoms with Crippen molar-refractivity contribution in [1.82, 2.24) is 0 Å². The molecule has 0 bridgehead atoms. The van der Waals surface area contributed by atoms with Gasteiger partial charge in [-0.15, -0.1) is 23.2 Å². The Kier molecular flexibility index (Phi) is 11.5. The highest BCUT2D eigenvalue weighted by molar-refractivity contribution is 6.18. The van der Waals surface area contributed by atoms with Crippen molar-refractivity contribution in [2.24, 2.45) is 0 Å². The molecule has 2 atom stereocenters. The van der Waals surface area contributed by atoms with Crippen LogP contribution in [0.25, 0.3) is 0 Å². The minimum Gasteiger partial charge on any atom is -0.389 e. The highest BCUT2D eigenvalue weighted by Crippen LogP contribution is 1.89. The summed E-state index contributed by atoms with van der Waals surface area (Å²) in [6, 6.07) is 0. The fourth-order valence-corrected chi connectivity index (χ4v) is 0.861. The molecule has 0 aromatic rings. The van der Waals surface area contributed by atoms with Gasteiger partial charge in [0.2, 0.25) is 0 Å². The lowest BCUT2D eigenvalue weighted by molar-refractivity contribution is 0.0614. The second-order valence-electron chi connectivity index (χ2n) is 3.00. The number of halogens is 2. The molecule has 0 unspecified atom stereocenters. The second kappa shape index (κ2) is 11.5. The molecular weight excluding hydrogens is 255 g/mol. The van der Waals surface area contributed by atoms with E-state index in [0.29, 0.717) is 0 Å². The third-order valence-corrected chi connectivity index (χ3v) is 2.16. The number of alkyl halides is 2. The van der Waals surface area contributed by atoms with Crippen LogP contribution in [-0.4, -0.2) is 60.6 Å². The molecule has 4 nitrogen and oxygen atoms in total. The van der Waals surface area contributed by atoms with Crippen molar-refractivity contribution >= 4 is 23.2 Å². The van der Waals surface area contributed by atoms with E-state index in [1.165, 1.54) is 0 Å². The van der Waals surface area contributed by atoms with E-state index in [1.54, 1.807) is 0 Å². The quantitative estimate of drug-likeness (QED) is 0.377. The number of rotatable bonds is 8. The van der Waals surface area contributed by atoms with E-state index in [4.69, 9.17) is 42.9 Å². The van der Waals surface area contributed by atoms with Crippen LogP contribution in [0.3, 0.4) is 0 Å². The lowest BCUT2D eigenvalue weighted by atomic mass is 10.4. The molecule has 0 saturated heterocycles. The van der Waals surface area contributed by atoms with Crippen molar-refractivity contribution < 1.29 is 19.7 Å². The molecule has 0 amide bonds. The van der Waals surface area contributed by atoms with Crippen molar-refractivity contribution in [3.05, 3.63) is 0 Å². The van der Waals surface area contributed by atoms with E-state index in [1.807, 2.05) is 0 Å². The summed E-state index contributed by atoms with van der Waals surface area (Å²) in [5, 5.41) is 18.0. The van der Waals surface area contributed by atoms with Gasteiger partial charge in [0.05, 0.1) is 37.2 Å². The summed E-state index contributed by atoms with van der Waals surface area (Å²) in [5.74, 6) is 5.67. The molecular formula is C10H16Cl2O4. The molecule has 0 saturated carbocycles. The van der Waals surface area contributed by atoms with E-state index >= 15 is 0 Å². The van der Waals surface area contributed by atoms with E-state index < -0.39 is 12.2 Å². The Bertz CT molecular complexity index is 195. The van der Waals surface area contributed by atoms with Gasteiger partial charge in [-0.2, -0.15) is 0 Å². The third kappa shape index (κ3) is 10.5. The van der Waals surface area contributed by atoms with Gasteiger partial charge >= 0.3 is 0 Å². The SMILES string of the molecule is O[C@@H](CCl)COCC#CCOC[C@@H](O)CCl. The molecule has 0 radical (unpaired) electrons. The number of aliphatic hydroxyl groups excluding tert-OH is 2. The van der Waals surface area contributed by atoms with Gasteiger partial charge in [0.25, 0.3) is 0 Å². The van der Waals surface area contributed by atoms with Gasteiger partial charge in [-0.05, 0) is 0 Å². The Hall–Kier alpha value is -0.0200. The zero-order valence-electron chi connectivity index (χ0n) is 8.86.